The summed E-state index contributed by atoms with van der Waals surface area (Å²) in [7, 11) is 1.57. The third-order valence-corrected chi connectivity index (χ3v) is 9.60. The summed E-state index contributed by atoms with van der Waals surface area (Å²) in [5, 5.41) is 19.8. The zero-order chi connectivity index (χ0) is 32.7. The first kappa shape index (κ1) is 36.8. The van der Waals surface area contributed by atoms with Gasteiger partial charge in [0.05, 0.1) is 33.0 Å². The van der Waals surface area contributed by atoms with E-state index in [2.05, 4.69) is 50.8 Å². The van der Waals surface area contributed by atoms with Crippen molar-refractivity contribution in [1.29, 1.82) is 0 Å². The number of hydrogen-bond acceptors (Lipinski definition) is 6. The molecule has 0 radical (unpaired) electrons. The van der Waals surface area contributed by atoms with Crippen molar-refractivity contribution < 1.29 is 29.2 Å². The number of aryl methyl sites for hydroxylation is 2. The van der Waals surface area contributed by atoms with Crippen molar-refractivity contribution in [2.24, 2.45) is 11.3 Å². The van der Waals surface area contributed by atoms with Crippen molar-refractivity contribution in [3.8, 4) is 16.9 Å². The minimum absolute atomic E-state index is 0.184. The summed E-state index contributed by atoms with van der Waals surface area (Å²) in [6.45, 7) is 10.3. The number of carbonyl (C=O) groups is 1. The van der Waals surface area contributed by atoms with Crippen LogP contribution in [0.15, 0.2) is 48.6 Å². The Labute approximate surface area is 272 Å². The summed E-state index contributed by atoms with van der Waals surface area (Å²) in [5.41, 5.74) is 5.92. The normalized spacial score (nSPS) is 16.8. The molecule has 1 saturated carbocycles. The molecule has 0 spiro atoms. The van der Waals surface area contributed by atoms with E-state index in [4.69, 9.17) is 14.2 Å². The van der Waals surface area contributed by atoms with Gasteiger partial charge in [0.1, 0.15) is 5.75 Å². The number of esters is 1. The Hall–Kier alpha value is -2.67. The topological polar surface area (TPSA) is 85.2 Å². The summed E-state index contributed by atoms with van der Waals surface area (Å²) in [5.74, 6) is 1.95. The summed E-state index contributed by atoms with van der Waals surface area (Å²) in [4.78, 5) is 11.9. The van der Waals surface area contributed by atoms with E-state index in [1.54, 1.807) is 14.0 Å². The highest BCUT2D eigenvalue weighted by Gasteiger charge is 2.29. The number of methoxy groups -OCH3 is 1. The number of aliphatic hydroxyl groups excluding tert-OH is 2. The van der Waals surface area contributed by atoms with E-state index in [0.29, 0.717) is 44.0 Å². The van der Waals surface area contributed by atoms with Gasteiger partial charge in [0.2, 0.25) is 0 Å². The van der Waals surface area contributed by atoms with E-state index >= 15 is 0 Å². The van der Waals surface area contributed by atoms with Crippen LogP contribution in [-0.2, 0) is 27.1 Å². The molecule has 1 fully saturated rings. The van der Waals surface area contributed by atoms with E-state index in [0.717, 1.165) is 29.2 Å². The molecule has 0 saturated heterocycles. The predicted molar refractivity (Wildman–Crippen MR) is 183 cm³/mol. The van der Waals surface area contributed by atoms with Crippen molar-refractivity contribution in [2.75, 3.05) is 40.1 Å². The summed E-state index contributed by atoms with van der Waals surface area (Å²) in [6, 6.07) is 13.4. The number of benzene rings is 2. The first-order valence-electron chi connectivity index (χ1n) is 17.2. The molecular formula is C39H58O6. The molecule has 6 nitrogen and oxygen atoms in total. The quantitative estimate of drug-likeness (QED) is 0.0880. The monoisotopic (exact) mass is 622 g/mol. The molecule has 3 rings (SSSR count). The molecule has 0 amide bonds. The highest BCUT2D eigenvalue weighted by molar-refractivity contribution is 5.86. The Bertz CT molecular complexity index is 1190. The van der Waals surface area contributed by atoms with Gasteiger partial charge in [0.15, 0.2) is 0 Å². The molecule has 250 valence electrons. The Kier molecular flexibility index (Phi) is 15.6. The minimum atomic E-state index is -0.752. The second-order valence-corrected chi connectivity index (χ2v) is 13.2. The third kappa shape index (κ3) is 11.0. The maximum Gasteiger partial charge on any atom is 0.333 e. The zero-order valence-electron chi connectivity index (χ0n) is 28.4. The van der Waals surface area contributed by atoms with Crippen molar-refractivity contribution in [3.05, 3.63) is 65.2 Å². The van der Waals surface area contributed by atoms with Crippen LogP contribution >= 0.6 is 0 Å². The highest BCUT2D eigenvalue weighted by Crippen LogP contribution is 2.40. The fourth-order valence-corrected chi connectivity index (χ4v) is 6.60. The highest BCUT2D eigenvalue weighted by atomic mass is 16.5. The molecule has 1 aliphatic carbocycles. The van der Waals surface area contributed by atoms with Crippen LogP contribution in [0.5, 0.6) is 5.75 Å². The van der Waals surface area contributed by atoms with Crippen LogP contribution in [0.3, 0.4) is 0 Å². The van der Waals surface area contributed by atoms with Gasteiger partial charge in [0.25, 0.3) is 0 Å². The largest absolute Gasteiger partial charge is 0.493 e. The minimum Gasteiger partial charge on any atom is -0.493 e. The summed E-state index contributed by atoms with van der Waals surface area (Å²) in [6.07, 6.45) is 13.5. The molecule has 0 atom stereocenters. The second kappa shape index (κ2) is 19.1. The van der Waals surface area contributed by atoms with Gasteiger partial charge in [-0.25, -0.2) is 4.79 Å². The van der Waals surface area contributed by atoms with Crippen LogP contribution in [0.1, 0.15) is 108 Å². The number of aliphatic hydroxyl groups is 2. The van der Waals surface area contributed by atoms with Crippen LogP contribution in [0.25, 0.3) is 11.1 Å². The van der Waals surface area contributed by atoms with Crippen LogP contribution in [0, 0.1) is 11.3 Å². The molecule has 2 aromatic rings. The second-order valence-electron chi connectivity index (χ2n) is 13.2. The van der Waals surface area contributed by atoms with Gasteiger partial charge in [-0.15, -0.1) is 0 Å². The lowest BCUT2D eigenvalue weighted by Crippen LogP contribution is -2.36. The van der Waals surface area contributed by atoms with Crippen LogP contribution < -0.4 is 4.74 Å². The fourth-order valence-electron chi connectivity index (χ4n) is 6.60. The molecule has 0 heterocycles. The molecular weight excluding hydrogens is 564 g/mol. The fraction of sp³-hybridized carbons (Fsp3) is 0.615. The van der Waals surface area contributed by atoms with E-state index < -0.39 is 5.41 Å². The number of unbranched alkanes of at least 4 members (excludes halogenated alkanes) is 2. The van der Waals surface area contributed by atoms with Gasteiger partial charge in [-0.3, -0.25) is 0 Å². The molecule has 0 aliphatic heterocycles. The average Bonchev–Trinajstić information content (AvgIpc) is 3.06. The maximum absolute atomic E-state index is 11.9. The lowest BCUT2D eigenvalue weighted by Gasteiger charge is -2.29. The van der Waals surface area contributed by atoms with Crippen molar-refractivity contribution >= 4 is 5.97 Å². The average molecular weight is 623 g/mol. The van der Waals surface area contributed by atoms with Gasteiger partial charge in [-0.05, 0) is 110 Å². The Morgan fingerprint density at radius 3 is 2.36 bits per heavy atom. The summed E-state index contributed by atoms with van der Waals surface area (Å²) >= 11 is 0. The number of carbonyl (C=O) groups excluding carboxylic acids is 1. The molecule has 45 heavy (non-hydrogen) atoms. The first-order chi connectivity index (χ1) is 21.8. The smallest absolute Gasteiger partial charge is 0.333 e. The van der Waals surface area contributed by atoms with Gasteiger partial charge in [-0.1, -0.05) is 70.4 Å². The zero-order valence-corrected chi connectivity index (χ0v) is 28.4. The van der Waals surface area contributed by atoms with E-state index in [1.165, 1.54) is 68.1 Å². The van der Waals surface area contributed by atoms with Gasteiger partial charge < -0.3 is 24.4 Å². The third-order valence-electron chi connectivity index (χ3n) is 9.60. The number of rotatable bonds is 20. The van der Waals surface area contributed by atoms with Crippen LogP contribution in [-0.4, -0.2) is 56.3 Å². The van der Waals surface area contributed by atoms with Crippen molar-refractivity contribution in [3.63, 3.8) is 0 Å². The summed E-state index contributed by atoms with van der Waals surface area (Å²) < 4.78 is 16.8. The standard InChI is InChI=1S/C39H58O6/c1-6-8-9-11-30-13-15-32(16-14-30)33-17-19-36(31(7-2)24-33)34-18-20-37(44-23-21-39(26-40,27-41)28-43-5)35(25-34)12-10-22-45-38(42)29(3)4/h17-20,24-25,30,32,40-41H,3,6-16,21-23,26-28H2,1-2,4-5H3. The van der Waals surface area contributed by atoms with Gasteiger partial charge >= 0.3 is 5.97 Å². The van der Waals surface area contributed by atoms with Crippen LogP contribution in [0.2, 0.25) is 0 Å². The molecule has 1 aliphatic rings. The SMILES string of the molecule is C=C(C)C(=O)OCCCc1cc(-c2ccc(C3CCC(CCCCC)CC3)cc2CC)ccc1OCCC(CO)(CO)COC. The molecule has 0 aromatic heterocycles. The number of hydrogen-bond donors (Lipinski definition) is 2. The van der Waals surface area contributed by atoms with Gasteiger partial charge in [-0.2, -0.15) is 0 Å². The molecule has 0 unspecified atom stereocenters. The van der Waals surface area contributed by atoms with E-state index in [1.807, 2.05) is 6.07 Å². The van der Waals surface area contributed by atoms with Crippen LogP contribution in [0.4, 0.5) is 0 Å². The Balaban J connectivity index is 1.77. The molecule has 2 N–H and O–H groups in total. The number of ether oxygens (including phenoxy) is 3. The van der Waals surface area contributed by atoms with Gasteiger partial charge in [0, 0.05) is 18.1 Å². The maximum atomic E-state index is 11.9. The van der Waals surface area contributed by atoms with Crippen molar-refractivity contribution in [1.82, 2.24) is 0 Å². The lowest BCUT2D eigenvalue weighted by molar-refractivity contribution is -0.139. The van der Waals surface area contributed by atoms with E-state index in [9.17, 15) is 15.0 Å². The lowest BCUT2D eigenvalue weighted by atomic mass is 9.76. The molecule has 2 aromatic carbocycles. The Morgan fingerprint density at radius 1 is 0.956 bits per heavy atom. The Morgan fingerprint density at radius 2 is 1.71 bits per heavy atom. The van der Waals surface area contributed by atoms with Crippen molar-refractivity contribution in [2.45, 2.75) is 104 Å². The van der Waals surface area contributed by atoms with E-state index in [-0.39, 0.29) is 25.8 Å². The molecule has 0 bridgehead atoms. The first-order valence-corrected chi connectivity index (χ1v) is 17.2. The predicted octanol–water partition coefficient (Wildman–Crippen LogP) is 8.21. The molecule has 6 heteroatoms.